The maximum Gasteiger partial charge on any atom is 0.161 e. The Morgan fingerprint density at radius 1 is 1.21 bits per heavy atom. The quantitative estimate of drug-likeness (QED) is 0.508. The van der Waals surface area contributed by atoms with Crippen LogP contribution in [0.4, 0.5) is 0 Å². The minimum atomic E-state index is 0.115. The van der Waals surface area contributed by atoms with Gasteiger partial charge in [-0.1, -0.05) is 36.7 Å². The molecule has 2 rings (SSSR count). The number of nitriles is 1. The monoisotopic (exact) mass is 341 g/mol. The maximum atomic E-state index is 9.43. The molecule has 0 heterocycles. The first kappa shape index (κ1) is 17.9. The fraction of sp³-hybridized carbons (Fsp3) is 0.250. The van der Waals surface area contributed by atoms with E-state index in [1.165, 1.54) is 0 Å². The molecule has 1 atom stereocenters. The Morgan fingerprint density at radius 3 is 2.50 bits per heavy atom. The molecule has 0 bridgehead atoms. The Hall–Kier alpha value is -2.44. The van der Waals surface area contributed by atoms with Crippen LogP contribution in [-0.4, -0.2) is 13.2 Å². The van der Waals surface area contributed by atoms with Crippen LogP contribution < -0.4 is 9.47 Å². The van der Waals surface area contributed by atoms with Crippen LogP contribution in [0, 0.1) is 11.3 Å². The lowest BCUT2D eigenvalue weighted by Gasteiger charge is -2.15. The summed E-state index contributed by atoms with van der Waals surface area (Å²) in [4.78, 5) is 0. The van der Waals surface area contributed by atoms with Gasteiger partial charge in [0.15, 0.2) is 11.5 Å². The van der Waals surface area contributed by atoms with Crippen molar-refractivity contribution >= 4 is 23.3 Å². The highest BCUT2D eigenvalue weighted by atomic mass is 35.5. The van der Waals surface area contributed by atoms with E-state index in [-0.39, 0.29) is 6.10 Å². The number of halogens is 1. The van der Waals surface area contributed by atoms with E-state index < -0.39 is 0 Å². The van der Waals surface area contributed by atoms with Crippen molar-refractivity contribution in [3.8, 4) is 17.6 Å². The van der Waals surface area contributed by atoms with Gasteiger partial charge in [0.05, 0.1) is 24.9 Å². The normalized spacial score (nSPS) is 12.4. The zero-order chi connectivity index (χ0) is 17.5. The van der Waals surface area contributed by atoms with Gasteiger partial charge in [0.2, 0.25) is 0 Å². The highest BCUT2D eigenvalue weighted by Gasteiger charge is 2.09. The third kappa shape index (κ3) is 4.53. The van der Waals surface area contributed by atoms with Crippen LogP contribution in [0.2, 0.25) is 5.02 Å². The van der Waals surface area contributed by atoms with Crippen molar-refractivity contribution in [2.45, 2.75) is 26.4 Å². The molecule has 0 unspecified atom stereocenters. The summed E-state index contributed by atoms with van der Waals surface area (Å²) in [6.07, 6.45) is 2.85. The van der Waals surface area contributed by atoms with Crippen molar-refractivity contribution in [3.63, 3.8) is 0 Å². The topological polar surface area (TPSA) is 42.2 Å². The first-order valence-electron chi connectivity index (χ1n) is 7.79. The Labute approximate surface area is 148 Å². The Kier molecular flexibility index (Phi) is 6.28. The van der Waals surface area contributed by atoms with Crippen molar-refractivity contribution in [1.82, 2.24) is 0 Å². The minimum Gasteiger partial charge on any atom is -0.493 e. The van der Waals surface area contributed by atoms with Crippen LogP contribution in [0.25, 0.3) is 11.6 Å². The molecule has 2 aromatic rings. The van der Waals surface area contributed by atoms with Gasteiger partial charge >= 0.3 is 0 Å². The van der Waals surface area contributed by atoms with Gasteiger partial charge in [-0.3, -0.25) is 0 Å². The van der Waals surface area contributed by atoms with Crippen LogP contribution in [0.3, 0.4) is 0 Å². The fourth-order valence-electron chi connectivity index (χ4n) is 2.15. The molecule has 0 spiro atoms. The van der Waals surface area contributed by atoms with E-state index in [9.17, 15) is 5.26 Å². The summed E-state index contributed by atoms with van der Waals surface area (Å²) in [5, 5.41) is 10.1. The molecule has 0 radical (unpaired) electrons. The second-order valence-electron chi connectivity index (χ2n) is 5.42. The van der Waals surface area contributed by atoms with Gasteiger partial charge in [0, 0.05) is 5.02 Å². The highest BCUT2D eigenvalue weighted by molar-refractivity contribution is 6.30. The molecular weight excluding hydrogens is 322 g/mol. The number of ether oxygens (including phenoxy) is 2. The molecule has 0 fully saturated rings. The van der Waals surface area contributed by atoms with E-state index in [4.69, 9.17) is 21.1 Å². The summed E-state index contributed by atoms with van der Waals surface area (Å²) in [5.74, 6) is 1.35. The number of rotatable bonds is 6. The van der Waals surface area contributed by atoms with Crippen LogP contribution in [0.5, 0.6) is 11.5 Å². The van der Waals surface area contributed by atoms with Gasteiger partial charge in [-0.05, 0) is 54.8 Å². The largest absolute Gasteiger partial charge is 0.493 e. The summed E-state index contributed by atoms with van der Waals surface area (Å²) in [6, 6.07) is 15.1. The SMILES string of the molecule is CC[C@H](C)Oc1ccc(/C=C(\C#N)c2ccc(Cl)cc2)cc1OC. The van der Waals surface area contributed by atoms with E-state index in [0.717, 1.165) is 17.5 Å². The summed E-state index contributed by atoms with van der Waals surface area (Å²) in [6.45, 7) is 4.08. The van der Waals surface area contributed by atoms with Crippen LogP contribution in [0.15, 0.2) is 42.5 Å². The molecule has 0 N–H and O–H groups in total. The van der Waals surface area contributed by atoms with Crippen molar-refractivity contribution < 1.29 is 9.47 Å². The van der Waals surface area contributed by atoms with Crippen molar-refractivity contribution in [2.24, 2.45) is 0 Å². The van der Waals surface area contributed by atoms with Crippen LogP contribution in [-0.2, 0) is 0 Å². The molecular formula is C20H20ClNO2. The summed E-state index contributed by atoms with van der Waals surface area (Å²) in [7, 11) is 1.61. The molecule has 3 nitrogen and oxygen atoms in total. The van der Waals surface area contributed by atoms with Crippen molar-refractivity contribution in [2.75, 3.05) is 7.11 Å². The predicted octanol–water partition coefficient (Wildman–Crippen LogP) is 5.59. The molecule has 4 heteroatoms. The molecule has 0 amide bonds. The minimum absolute atomic E-state index is 0.115. The van der Waals surface area contributed by atoms with E-state index in [0.29, 0.717) is 22.1 Å². The highest BCUT2D eigenvalue weighted by Crippen LogP contribution is 2.31. The lowest BCUT2D eigenvalue weighted by Crippen LogP contribution is -2.10. The molecule has 0 saturated carbocycles. The van der Waals surface area contributed by atoms with Crippen molar-refractivity contribution in [1.29, 1.82) is 5.26 Å². The van der Waals surface area contributed by atoms with Gasteiger partial charge in [0.25, 0.3) is 0 Å². The number of nitrogens with zero attached hydrogens (tertiary/aromatic N) is 1. The first-order valence-corrected chi connectivity index (χ1v) is 8.17. The number of allylic oxidation sites excluding steroid dienone is 1. The molecule has 0 aromatic heterocycles. The predicted molar refractivity (Wildman–Crippen MR) is 98.3 cm³/mol. The average Bonchev–Trinajstić information content (AvgIpc) is 2.61. The molecule has 0 aliphatic carbocycles. The van der Waals surface area contributed by atoms with E-state index >= 15 is 0 Å². The van der Waals surface area contributed by atoms with Gasteiger partial charge in [-0.2, -0.15) is 5.26 Å². The molecule has 0 aliphatic heterocycles. The van der Waals surface area contributed by atoms with Crippen LogP contribution >= 0.6 is 11.6 Å². The van der Waals surface area contributed by atoms with Gasteiger partial charge in [-0.15, -0.1) is 0 Å². The Balaban J connectivity index is 2.34. The molecule has 0 saturated heterocycles. The second-order valence-corrected chi connectivity index (χ2v) is 5.86. The van der Waals surface area contributed by atoms with E-state index in [1.807, 2.05) is 43.3 Å². The van der Waals surface area contributed by atoms with Gasteiger partial charge in [-0.25, -0.2) is 0 Å². The smallest absolute Gasteiger partial charge is 0.161 e. The molecule has 124 valence electrons. The maximum absolute atomic E-state index is 9.43. The Bertz CT molecular complexity index is 760. The number of hydrogen-bond acceptors (Lipinski definition) is 3. The number of hydrogen-bond donors (Lipinski definition) is 0. The fourth-order valence-corrected chi connectivity index (χ4v) is 2.27. The lowest BCUT2D eigenvalue weighted by atomic mass is 10.0. The summed E-state index contributed by atoms with van der Waals surface area (Å²) < 4.78 is 11.3. The van der Waals surface area contributed by atoms with E-state index in [2.05, 4.69) is 13.0 Å². The van der Waals surface area contributed by atoms with E-state index in [1.54, 1.807) is 19.2 Å². The zero-order valence-electron chi connectivity index (χ0n) is 14.0. The average molecular weight is 342 g/mol. The number of benzene rings is 2. The third-order valence-electron chi connectivity index (χ3n) is 3.68. The lowest BCUT2D eigenvalue weighted by molar-refractivity contribution is 0.207. The van der Waals surface area contributed by atoms with Crippen molar-refractivity contribution in [3.05, 3.63) is 58.6 Å². The first-order chi connectivity index (χ1) is 11.6. The Morgan fingerprint density at radius 2 is 1.92 bits per heavy atom. The standard InChI is InChI=1S/C20H20ClNO2/c1-4-14(2)24-19-10-5-15(12-20(19)23-3)11-17(13-22)16-6-8-18(21)9-7-16/h5-12,14H,4H2,1-3H3/b17-11+/t14-/m0/s1. The third-order valence-corrected chi connectivity index (χ3v) is 3.93. The second kappa shape index (κ2) is 8.42. The van der Waals surface area contributed by atoms with Gasteiger partial charge < -0.3 is 9.47 Å². The molecule has 24 heavy (non-hydrogen) atoms. The van der Waals surface area contributed by atoms with Gasteiger partial charge in [0.1, 0.15) is 0 Å². The molecule has 2 aromatic carbocycles. The molecule has 0 aliphatic rings. The summed E-state index contributed by atoms with van der Waals surface area (Å²) in [5.41, 5.74) is 2.25. The summed E-state index contributed by atoms with van der Waals surface area (Å²) >= 11 is 5.90. The number of methoxy groups -OCH3 is 1. The van der Waals surface area contributed by atoms with Crippen LogP contribution in [0.1, 0.15) is 31.4 Å². The zero-order valence-corrected chi connectivity index (χ0v) is 14.8.